The molecule has 0 bridgehead atoms. The van der Waals surface area contributed by atoms with Crippen LogP contribution in [-0.4, -0.2) is 68.1 Å². The third-order valence-electron chi connectivity index (χ3n) is 3.01. The summed E-state index contributed by atoms with van der Waals surface area (Å²) in [6.07, 6.45) is 0.248. The van der Waals surface area contributed by atoms with E-state index in [0.29, 0.717) is 0 Å². The summed E-state index contributed by atoms with van der Waals surface area (Å²) in [5.74, 6) is -1.02. The van der Waals surface area contributed by atoms with Crippen LogP contribution < -0.4 is 15.6 Å². The average Bonchev–Trinajstić information content (AvgIpc) is 2.47. The number of guanidine groups is 1. The lowest BCUT2D eigenvalue weighted by Gasteiger charge is -2.16. The minimum atomic E-state index is -1.31. The summed E-state index contributed by atoms with van der Waals surface area (Å²) in [4.78, 5) is 23.3. The van der Waals surface area contributed by atoms with Gasteiger partial charge in [-0.05, 0) is 13.0 Å². The second-order valence-corrected chi connectivity index (χ2v) is 5.06. The van der Waals surface area contributed by atoms with Gasteiger partial charge in [0.15, 0.2) is 0 Å². The third kappa shape index (κ3) is 5.17. The van der Waals surface area contributed by atoms with E-state index in [1.54, 1.807) is 0 Å². The molecule has 0 aromatic heterocycles. The van der Waals surface area contributed by atoms with E-state index >= 15 is 0 Å². The standard InChI is InChI=1S/C10H10O5.C5H13N3/c1-5-8(15-2)3-7(12)6(4-11)9(5)10(13)14;1-7(2)5(6)8(3)4/h3-4,12H,1-2H3,(H,13,14);6H,1-4H3. The number of carbonyl (C=O) groups is 2. The van der Waals surface area contributed by atoms with Crippen LogP contribution in [0, 0.1) is 6.92 Å². The maximum Gasteiger partial charge on any atom is 0.344 e. The Morgan fingerprint density at radius 2 is 1.96 bits per heavy atom. The van der Waals surface area contributed by atoms with Gasteiger partial charge in [0, 0.05) is 11.1 Å². The molecule has 8 nitrogen and oxygen atoms in total. The molecular formula is C15H23N3O5. The van der Waals surface area contributed by atoms with Gasteiger partial charge in [0.25, 0.3) is 0 Å². The zero-order chi connectivity index (χ0) is 18.3. The van der Waals surface area contributed by atoms with Crippen molar-refractivity contribution in [3.63, 3.8) is 0 Å². The largest absolute Gasteiger partial charge is 0.872 e. The molecule has 0 radical (unpaired) electrons. The van der Waals surface area contributed by atoms with E-state index in [4.69, 9.17) is 15.6 Å². The van der Waals surface area contributed by atoms with Crippen molar-refractivity contribution in [3.05, 3.63) is 22.8 Å². The topological polar surface area (TPSA) is 119 Å². The first kappa shape index (κ1) is 20.2. The van der Waals surface area contributed by atoms with Crippen LogP contribution in [0.1, 0.15) is 26.3 Å². The first-order valence-electron chi connectivity index (χ1n) is 6.62. The number of benzene rings is 1. The van der Waals surface area contributed by atoms with E-state index in [2.05, 4.69) is 0 Å². The third-order valence-corrected chi connectivity index (χ3v) is 3.01. The quantitative estimate of drug-likeness (QED) is 0.339. The summed E-state index contributed by atoms with van der Waals surface area (Å²) >= 11 is 0. The Balaban J connectivity index is 0.000000515. The number of nitrogens with two attached hydrogens (primary N) is 1. The molecule has 0 spiro atoms. The monoisotopic (exact) mass is 325 g/mol. The number of aldehydes is 1. The molecule has 128 valence electrons. The lowest BCUT2D eigenvalue weighted by Crippen LogP contribution is -2.36. The zero-order valence-electron chi connectivity index (χ0n) is 14.2. The molecule has 1 aromatic rings. The van der Waals surface area contributed by atoms with Crippen molar-refractivity contribution in [3.8, 4) is 11.5 Å². The van der Waals surface area contributed by atoms with Gasteiger partial charge in [-0.25, -0.2) is 4.79 Å². The average molecular weight is 325 g/mol. The Kier molecular flexibility index (Phi) is 7.58. The van der Waals surface area contributed by atoms with Gasteiger partial charge in [-0.3, -0.25) is 20.0 Å². The molecule has 0 saturated heterocycles. The highest BCUT2D eigenvalue weighted by atomic mass is 16.5. The summed E-state index contributed by atoms with van der Waals surface area (Å²) in [5, 5.41) is 20.2. The molecule has 1 rings (SSSR count). The zero-order valence-corrected chi connectivity index (χ0v) is 14.2. The number of hydrogen-bond donors (Lipinski definition) is 2. The van der Waals surface area contributed by atoms with Crippen molar-refractivity contribution < 1.29 is 29.1 Å². The molecule has 0 atom stereocenters. The molecule has 0 saturated carbocycles. The van der Waals surface area contributed by atoms with Crippen molar-refractivity contribution in [2.75, 3.05) is 35.3 Å². The van der Waals surface area contributed by atoms with Crippen LogP contribution in [0.5, 0.6) is 11.5 Å². The van der Waals surface area contributed by atoms with Gasteiger partial charge in [0.1, 0.15) is 12.0 Å². The van der Waals surface area contributed by atoms with Crippen molar-refractivity contribution >= 4 is 18.2 Å². The van der Waals surface area contributed by atoms with Crippen LogP contribution in [0.3, 0.4) is 0 Å². The van der Waals surface area contributed by atoms with Gasteiger partial charge in [-0.2, -0.15) is 0 Å². The van der Waals surface area contributed by atoms with E-state index in [9.17, 15) is 14.7 Å². The second-order valence-electron chi connectivity index (χ2n) is 5.06. The van der Waals surface area contributed by atoms with Gasteiger partial charge < -0.3 is 14.9 Å². The fourth-order valence-corrected chi connectivity index (χ4v) is 1.76. The van der Waals surface area contributed by atoms with Gasteiger partial charge in [-0.1, -0.05) is 5.75 Å². The number of ether oxygens (including phenoxy) is 1. The van der Waals surface area contributed by atoms with E-state index in [-0.39, 0.29) is 28.7 Å². The van der Waals surface area contributed by atoms with E-state index in [1.807, 2.05) is 37.7 Å². The van der Waals surface area contributed by atoms with Gasteiger partial charge >= 0.3 is 11.9 Å². The van der Waals surface area contributed by atoms with E-state index < -0.39 is 11.7 Å². The van der Waals surface area contributed by atoms with Gasteiger partial charge in [-0.15, -0.1) is 0 Å². The number of carbonyl (C=O) groups excluding carboxylic acids is 1. The maximum absolute atomic E-state index is 11.3. The normalized spacial score (nSPS) is 9.30. The molecule has 0 aliphatic carbocycles. The van der Waals surface area contributed by atoms with Crippen LogP contribution in [0.4, 0.5) is 0 Å². The predicted molar refractivity (Wildman–Crippen MR) is 84.5 cm³/mol. The number of rotatable bonds is 3. The molecular weight excluding hydrogens is 302 g/mol. The minimum Gasteiger partial charge on any atom is -0.872 e. The summed E-state index contributed by atoms with van der Waals surface area (Å²) < 4.78 is 6.70. The van der Waals surface area contributed by atoms with E-state index in [1.165, 1.54) is 14.0 Å². The number of carboxylic acid groups (broad SMARTS) is 1. The van der Waals surface area contributed by atoms with Crippen LogP contribution in [0.15, 0.2) is 6.07 Å². The number of methoxy groups -OCH3 is 1. The highest BCUT2D eigenvalue weighted by Crippen LogP contribution is 2.29. The van der Waals surface area contributed by atoms with Crippen LogP contribution in [0.2, 0.25) is 0 Å². The first-order chi connectivity index (χ1) is 10.6. The summed E-state index contributed by atoms with van der Waals surface area (Å²) in [5.41, 5.74) is 5.15. The van der Waals surface area contributed by atoms with Crippen molar-refractivity contribution in [1.29, 1.82) is 0 Å². The van der Waals surface area contributed by atoms with Crippen LogP contribution in [0.25, 0.3) is 0 Å². The Morgan fingerprint density at radius 3 is 2.22 bits per heavy atom. The SMILES string of the molecule is CN(C)C(N)=[N+](C)C.COc1cc([O-])c(C=O)c(C(=O)O)c1C. The van der Waals surface area contributed by atoms with Crippen molar-refractivity contribution in [2.24, 2.45) is 5.73 Å². The van der Waals surface area contributed by atoms with Crippen molar-refractivity contribution in [2.45, 2.75) is 6.92 Å². The number of nitrogens with zero attached hydrogens (tertiary/aromatic N) is 2. The number of hydrogen-bond acceptors (Lipinski definition) is 4. The first-order valence-corrected chi connectivity index (χ1v) is 6.62. The summed E-state index contributed by atoms with van der Waals surface area (Å²) in [7, 11) is 8.98. The molecule has 0 unspecified atom stereocenters. The van der Waals surface area contributed by atoms with Crippen LogP contribution in [-0.2, 0) is 0 Å². The molecule has 0 aliphatic rings. The highest BCUT2D eigenvalue weighted by molar-refractivity contribution is 6.00. The predicted octanol–water partition coefficient (Wildman–Crippen LogP) is -0.277. The second kappa shape index (κ2) is 8.62. The summed E-state index contributed by atoms with van der Waals surface area (Å²) in [6.45, 7) is 1.48. The van der Waals surface area contributed by atoms with Crippen LogP contribution >= 0.6 is 0 Å². The van der Waals surface area contributed by atoms with Gasteiger partial charge in [0.2, 0.25) is 0 Å². The fraction of sp³-hybridized carbons (Fsp3) is 0.400. The Hall–Kier alpha value is -2.77. The fourth-order valence-electron chi connectivity index (χ4n) is 1.76. The molecule has 23 heavy (non-hydrogen) atoms. The molecule has 1 aromatic carbocycles. The molecule has 0 amide bonds. The molecule has 8 heteroatoms. The minimum absolute atomic E-state index is 0.169. The Morgan fingerprint density at radius 1 is 1.43 bits per heavy atom. The lowest BCUT2D eigenvalue weighted by atomic mass is 10.0. The Labute approximate surface area is 135 Å². The highest BCUT2D eigenvalue weighted by Gasteiger charge is 2.17. The van der Waals surface area contributed by atoms with Crippen molar-refractivity contribution in [1.82, 2.24) is 4.90 Å². The molecule has 0 aliphatic heterocycles. The molecule has 0 heterocycles. The van der Waals surface area contributed by atoms with Gasteiger partial charge in [0.05, 0.1) is 40.9 Å². The smallest absolute Gasteiger partial charge is 0.344 e. The molecule has 0 fully saturated rings. The Bertz CT molecular complexity index is 620. The number of carboxylic acids is 1. The molecule has 3 N–H and O–H groups in total. The number of aromatic carboxylic acids is 1. The van der Waals surface area contributed by atoms with E-state index in [0.717, 1.165) is 12.0 Å². The maximum atomic E-state index is 11.3. The summed E-state index contributed by atoms with van der Waals surface area (Å²) in [6, 6.07) is 1.10. The lowest BCUT2D eigenvalue weighted by molar-refractivity contribution is -0.470.